The summed E-state index contributed by atoms with van der Waals surface area (Å²) < 4.78 is 4.87. The molecule has 1 aromatic rings. The first-order valence-corrected chi connectivity index (χ1v) is 6.81. The van der Waals surface area contributed by atoms with Gasteiger partial charge in [-0.1, -0.05) is 38.1 Å². The minimum Gasteiger partial charge on any atom is -0.469 e. The molecule has 0 aromatic heterocycles. The Bertz CT molecular complexity index is 481. The Morgan fingerprint density at radius 2 is 1.89 bits per heavy atom. The highest BCUT2D eigenvalue weighted by Gasteiger charge is 2.43. The van der Waals surface area contributed by atoms with Crippen molar-refractivity contribution in [1.29, 1.82) is 0 Å². The second-order valence-corrected chi connectivity index (χ2v) is 6.01. The lowest BCUT2D eigenvalue weighted by molar-refractivity contribution is -0.142. The quantitative estimate of drug-likeness (QED) is 0.850. The fourth-order valence-corrected chi connectivity index (χ4v) is 3.14. The average Bonchev–Trinajstić information content (AvgIpc) is 2.42. The van der Waals surface area contributed by atoms with Gasteiger partial charge in [-0.05, 0) is 36.4 Å². The van der Waals surface area contributed by atoms with E-state index in [2.05, 4.69) is 37.4 Å². The van der Waals surface area contributed by atoms with Crippen molar-refractivity contribution >= 4 is 5.97 Å². The summed E-state index contributed by atoms with van der Waals surface area (Å²) >= 11 is 0. The third-order valence-corrected chi connectivity index (χ3v) is 4.50. The van der Waals surface area contributed by atoms with Gasteiger partial charge in [0.1, 0.15) is 0 Å². The molecule has 2 rings (SSSR count). The molecular weight excluding hydrogens is 238 g/mol. The lowest BCUT2D eigenvalue weighted by atomic mass is 9.64. The Labute approximate surface area is 115 Å². The smallest absolute Gasteiger partial charge is 0.307 e. The molecule has 0 aliphatic heterocycles. The van der Waals surface area contributed by atoms with Crippen molar-refractivity contribution in [3.05, 3.63) is 35.4 Å². The number of methoxy groups -OCH3 is 1. The van der Waals surface area contributed by atoms with E-state index in [4.69, 9.17) is 4.74 Å². The first kappa shape index (κ1) is 14.1. The fourth-order valence-electron chi connectivity index (χ4n) is 3.14. The largest absolute Gasteiger partial charge is 0.469 e. The predicted octanol–water partition coefficient (Wildman–Crippen LogP) is 2.74. The molecule has 19 heavy (non-hydrogen) atoms. The zero-order chi connectivity index (χ0) is 14.1. The molecular formula is C16H23NO2. The molecule has 104 valence electrons. The number of ether oxygens (including phenoxy) is 1. The SMILES string of the molecule is CNC1(CC(=O)OC)CCC(C)(C)c2ccccc21. The summed E-state index contributed by atoms with van der Waals surface area (Å²) in [5.74, 6) is -0.163. The van der Waals surface area contributed by atoms with Gasteiger partial charge in [0.05, 0.1) is 19.1 Å². The highest BCUT2D eigenvalue weighted by molar-refractivity contribution is 5.71. The minimum absolute atomic E-state index is 0.160. The zero-order valence-electron chi connectivity index (χ0n) is 12.2. The van der Waals surface area contributed by atoms with Gasteiger partial charge >= 0.3 is 5.97 Å². The molecule has 1 N–H and O–H groups in total. The van der Waals surface area contributed by atoms with Crippen LogP contribution in [0.1, 0.15) is 44.2 Å². The van der Waals surface area contributed by atoms with Crippen molar-refractivity contribution < 1.29 is 9.53 Å². The summed E-state index contributed by atoms with van der Waals surface area (Å²) in [5.41, 5.74) is 2.44. The average molecular weight is 261 g/mol. The van der Waals surface area contributed by atoms with Gasteiger partial charge < -0.3 is 10.1 Å². The summed E-state index contributed by atoms with van der Waals surface area (Å²) in [6.45, 7) is 4.53. The van der Waals surface area contributed by atoms with Crippen molar-refractivity contribution in [3.8, 4) is 0 Å². The molecule has 0 saturated heterocycles. The third kappa shape index (κ3) is 2.39. The van der Waals surface area contributed by atoms with E-state index in [1.807, 2.05) is 13.1 Å². The van der Waals surface area contributed by atoms with Crippen LogP contribution in [0.4, 0.5) is 0 Å². The summed E-state index contributed by atoms with van der Waals surface area (Å²) in [6.07, 6.45) is 2.39. The van der Waals surface area contributed by atoms with Crippen LogP contribution in [0.15, 0.2) is 24.3 Å². The molecule has 0 spiro atoms. The number of rotatable bonds is 3. The highest BCUT2D eigenvalue weighted by Crippen LogP contribution is 2.46. The van der Waals surface area contributed by atoms with Gasteiger partial charge in [-0.3, -0.25) is 4.79 Å². The molecule has 3 heteroatoms. The molecule has 1 aliphatic rings. The van der Waals surface area contributed by atoms with E-state index in [0.29, 0.717) is 6.42 Å². The minimum atomic E-state index is -0.292. The molecule has 0 amide bonds. The summed E-state index contributed by atoms with van der Waals surface area (Å²) in [7, 11) is 3.38. The predicted molar refractivity (Wildman–Crippen MR) is 76.1 cm³/mol. The lowest BCUT2D eigenvalue weighted by Gasteiger charge is -2.45. The van der Waals surface area contributed by atoms with Crippen molar-refractivity contribution in [2.24, 2.45) is 0 Å². The van der Waals surface area contributed by atoms with Crippen LogP contribution in [-0.4, -0.2) is 20.1 Å². The number of nitrogens with one attached hydrogen (secondary N) is 1. The maximum atomic E-state index is 11.8. The normalized spacial score (nSPS) is 24.6. The summed E-state index contributed by atoms with van der Waals surface area (Å²) in [6, 6.07) is 8.43. The molecule has 0 fully saturated rings. The molecule has 1 atom stereocenters. The van der Waals surface area contributed by atoms with Crippen LogP contribution >= 0.6 is 0 Å². The molecule has 0 radical (unpaired) electrons. The third-order valence-electron chi connectivity index (χ3n) is 4.50. The van der Waals surface area contributed by atoms with Gasteiger partial charge in [-0.25, -0.2) is 0 Å². The summed E-state index contributed by atoms with van der Waals surface area (Å²) in [5, 5.41) is 3.38. The molecule has 1 aliphatic carbocycles. The van der Waals surface area contributed by atoms with Crippen LogP contribution in [0.2, 0.25) is 0 Å². The van der Waals surface area contributed by atoms with E-state index in [1.54, 1.807) is 0 Å². The van der Waals surface area contributed by atoms with E-state index in [9.17, 15) is 4.79 Å². The molecule has 0 bridgehead atoms. The van der Waals surface area contributed by atoms with Gasteiger partial charge in [-0.2, -0.15) is 0 Å². The van der Waals surface area contributed by atoms with Crippen LogP contribution in [0.3, 0.4) is 0 Å². The van der Waals surface area contributed by atoms with Crippen LogP contribution in [-0.2, 0) is 20.5 Å². The fraction of sp³-hybridized carbons (Fsp3) is 0.562. The number of fused-ring (bicyclic) bond motifs is 1. The second kappa shape index (κ2) is 4.97. The number of benzene rings is 1. The van der Waals surface area contributed by atoms with Crippen molar-refractivity contribution in [3.63, 3.8) is 0 Å². The topological polar surface area (TPSA) is 38.3 Å². The first-order chi connectivity index (χ1) is 8.95. The maximum absolute atomic E-state index is 11.8. The van der Waals surface area contributed by atoms with Crippen LogP contribution in [0.5, 0.6) is 0 Å². The Morgan fingerprint density at radius 1 is 1.26 bits per heavy atom. The lowest BCUT2D eigenvalue weighted by Crippen LogP contribution is -2.48. The zero-order valence-corrected chi connectivity index (χ0v) is 12.2. The van der Waals surface area contributed by atoms with Crippen LogP contribution in [0, 0.1) is 0 Å². The van der Waals surface area contributed by atoms with Gasteiger partial charge in [0.2, 0.25) is 0 Å². The summed E-state index contributed by atoms with van der Waals surface area (Å²) in [4.78, 5) is 11.8. The van der Waals surface area contributed by atoms with Gasteiger partial charge in [0.25, 0.3) is 0 Å². The standard InChI is InChI=1S/C16H23NO2/c1-15(2)9-10-16(17-3,11-14(18)19-4)13-8-6-5-7-12(13)15/h5-8,17H,9-11H2,1-4H3. The van der Waals surface area contributed by atoms with Gasteiger partial charge in [0.15, 0.2) is 0 Å². The van der Waals surface area contributed by atoms with E-state index in [0.717, 1.165) is 12.8 Å². The monoisotopic (exact) mass is 261 g/mol. The van der Waals surface area contributed by atoms with Crippen LogP contribution < -0.4 is 5.32 Å². The molecule has 0 saturated carbocycles. The van der Waals surface area contributed by atoms with Gasteiger partial charge in [0, 0.05) is 0 Å². The number of hydrogen-bond donors (Lipinski definition) is 1. The molecule has 3 nitrogen and oxygen atoms in total. The first-order valence-electron chi connectivity index (χ1n) is 6.81. The second-order valence-electron chi connectivity index (χ2n) is 6.01. The number of carbonyl (C=O) groups excluding carboxylic acids is 1. The number of carbonyl (C=O) groups is 1. The van der Waals surface area contributed by atoms with Crippen molar-refractivity contribution in [2.45, 2.75) is 44.1 Å². The highest BCUT2D eigenvalue weighted by atomic mass is 16.5. The van der Waals surface area contributed by atoms with Crippen molar-refractivity contribution in [2.75, 3.05) is 14.2 Å². The van der Waals surface area contributed by atoms with E-state index >= 15 is 0 Å². The Balaban J connectivity index is 2.50. The molecule has 0 heterocycles. The Kier molecular flexibility index (Phi) is 3.68. The molecule has 1 unspecified atom stereocenters. The number of hydrogen-bond acceptors (Lipinski definition) is 3. The maximum Gasteiger partial charge on any atom is 0.307 e. The molecule has 1 aromatic carbocycles. The van der Waals surface area contributed by atoms with E-state index in [1.165, 1.54) is 18.2 Å². The van der Waals surface area contributed by atoms with E-state index in [-0.39, 0.29) is 16.9 Å². The van der Waals surface area contributed by atoms with Gasteiger partial charge in [-0.15, -0.1) is 0 Å². The Hall–Kier alpha value is -1.35. The van der Waals surface area contributed by atoms with Crippen molar-refractivity contribution in [1.82, 2.24) is 5.32 Å². The Morgan fingerprint density at radius 3 is 2.47 bits per heavy atom. The number of esters is 1. The van der Waals surface area contributed by atoms with E-state index < -0.39 is 0 Å². The van der Waals surface area contributed by atoms with Crippen LogP contribution in [0.25, 0.3) is 0 Å².